The van der Waals surface area contributed by atoms with Crippen LogP contribution >= 0.6 is 0 Å². The second kappa shape index (κ2) is 11.6. The third-order valence-corrected chi connectivity index (χ3v) is 6.43. The van der Waals surface area contributed by atoms with E-state index < -0.39 is 34.9 Å². The van der Waals surface area contributed by atoms with E-state index in [9.17, 15) is 26.3 Å². The van der Waals surface area contributed by atoms with Gasteiger partial charge in [-0.1, -0.05) is 18.2 Å². The molecule has 3 nitrogen and oxygen atoms in total. The molecule has 198 valence electrons. The molecule has 1 aliphatic heterocycles. The molecule has 1 fully saturated rings. The van der Waals surface area contributed by atoms with Crippen molar-refractivity contribution in [2.45, 2.75) is 37.9 Å². The first-order chi connectivity index (χ1) is 17.7. The van der Waals surface area contributed by atoms with Crippen molar-refractivity contribution in [3.63, 3.8) is 0 Å². The zero-order valence-electron chi connectivity index (χ0n) is 20.1. The van der Waals surface area contributed by atoms with Gasteiger partial charge in [-0.25, -0.2) is 17.6 Å². The van der Waals surface area contributed by atoms with Gasteiger partial charge in [-0.15, -0.1) is 0 Å². The molecule has 0 N–H and O–H groups in total. The molecule has 37 heavy (non-hydrogen) atoms. The minimum atomic E-state index is -3.99. The van der Waals surface area contributed by atoms with Gasteiger partial charge in [0.25, 0.3) is 0 Å². The molecular formula is C28H26F6O3. The zero-order valence-corrected chi connectivity index (χ0v) is 20.1. The molecule has 0 bridgehead atoms. The number of hydrogen-bond acceptors (Lipinski definition) is 3. The molecule has 1 aliphatic rings. The minimum absolute atomic E-state index is 0.0163. The van der Waals surface area contributed by atoms with Crippen molar-refractivity contribution in [3.05, 3.63) is 89.0 Å². The number of alkyl halides is 2. The molecule has 2 unspecified atom stereocenters. The predicted octanol–water partition coefficient (Wildman–Crippen LogP) is 7.93. The van der Waals surface area contributed by atoms with Crippen molar-refractivity contribution in [2.24, 2.45) is 5.92 Å². The Morgan fingerprint density at radius 2 is 1.57 bits per heavy atom. The average Bonchev–Trinajstić information content (AvgIpc) is 2.87. The lowest BCUT2D eigenvalue weighted by Gasteiger charge is -2.29. The summed E-state index contributed by atoms with van der Waals surface area (Å²) < 4.78 is 100. The lowest BCUT2D eigenvalue weighted by molar-refractivity contribution is -0.187. The highest BCUT2D eigenvalue weighted by molar-refractivity contribution is 5.64. The summed E-state index contributed by atoms with van der Waals surface area (Å²) in [6, 6.07) is 9.86. The third kappa shape index (κ3) is 6.45. The van der Waals surface area contributed by atoms with E-state index >= 15 is 0 Å². The minimum Gasteiger partial charge on any atom is -0.429 e. The number of ether oxygens (including phenoxy) is 3. The highest BCUT2D eigenvalue weighted by Crippen LogP contribution is 2.37. The van der Waals surface area contributed by atoms with Crippen molar-refractivity contribution >= 4 is 0 Å². The normalized spacial score (nSPS) is 18.1. The fourth-order valence-electron chi connectivity index (χ4n) is 4.42. The van der Waals surface area contributed by atoms with Crippen LogP contribution in [0, 0.1) is 29.2 Å². The molecule has 3 aromatic carbocycles. The third-order valence-electron chi connectivity index (χ3n) is 6.43. The fourth-order valence-corrected chi connectivity index (χ4v) is 4.42. The van der Waals surface area contributed by atoms with Gasteiger partial charge in [0.15, 0.2) is 17.5 Å². The van der Waals surface area contributed by atoms with Crippen molar-refractivity contribution in [1.29, 1.82) is 0 Å². The van der Waals surface area contributed by atoms with Crippen LogP contribution in [0.4, 0.5) is 26.3 Å². The standard InChI is InChI=1S/C28H26F6O3/c1-35-12-2-3-17-4-11-26(36-16-17)19-7-10-22(23(29)13-19)28(33,34)37-21-8-5-18(6-9-21)20-14-24(30)27(32)25(31)15-20/h5-10,13-15,17,26H,2-4,11-12,16H2,1H3. The maximum Gasteiger partial charge on any atom is 0.429 e. The Bertz CT molecular complexity index is 1180. The van der Waals surface area contributed by atoms with Crippen LogP contribution < -0.4 is 4.74 Å². The highest BCUT2D eigenvalue weighted by Gasteiger charge is 2.38. The number of halogens is 6. The van der Waals surface area contributed by atoms with Crippen molar-refractivity contribution in [2.75, 3.05) is 20.3 Å². The summed E-state index contributed by atoms with van der Waals surface area (Å²) in [5, 5.41) is 0. The molecular weight excluding hydrogens is 498 g/mol. The Morgan fingerprint density at radius 3 is 2.16 bits per heavy atom. The molecule has 0 spiro atoms. The van der Waals surface area contributed by atoms with Crippen LogP contribution in [0.2, 0.25) is 0 Å². The molecule has 9 heteroatoms. The largest absolute Gasteiger partial charge is 0.429 e. The summed E-state index contributed by atoms with van der Waals surface area (Å²) in [5.41, 5.74) is -0.188. The molecule has 1 saturated heterocycles. The lowest BCUT2D eigenvalue weighted by atomic mass is 9.91. The maximum atomic E-state index is 14.8. The number of benzene rings is 3. The number of hydrogen-bond donors (Lipinski definition) is 0. The van der Waals surface area contributed by atoms with Crippen molar-refractivity contribution in [3.8, 4) is 16.9 Å². The average molecular weight is 525 g/mol. The van der Waals surface area contributed by atoms with Gasteiger partial charge in [0.2, 0.25) is 0 Å². The molecule has 0 amide bonds. The summed E-state index contributed by atoms with van der Waals surface area (Å²) >= 11 is 0. The topological polar surface area (TPSA) is 27.7 Å². The molecule has 3 aromatic rings. The summed E-state index contributed by atoms with van der Waals surface area (Å²) in [5.74, 6) is -5.38. The van der Waals surface area contributed by atoms with Gasteiger partial charge in [0.05, 0.1) is 18.3 Å². The summed E-state index contributed by atoms with van der Waals surface area (Å²) in [6.07, 6.45) is -0.902. The second-order valence-corrected chi connectivity index (χ2v) is 9.04. The smallest absolute Gasteiger partial charge is 0.429 e. The van der Waals surface area contributed by atoms with Gasteiger partial charge in [0.1, 0.15) is 11.6 Å². The van der Waals surface area contributed by atoms with Crippen molar-refractivity contribution < 1.29 is 40.6 Å². The van der Waals surface area contributed by atoms with E-state index in [2.05, 4.69) is 0 Å². The Labute approximate surface area is 211 Å². The lowest BCUT2D eigenvalue weighted by Crippen LogP contribution is -2.24. The maximum absolute atomic E-state index is 14.8. The number of rotatable bonds is 9. The van der Waals surface area contributed by atoms with Gasteiger partial charge in [0, 0.05) is 13.7 Å². The van der Waals surface area contributed by atoms with Gasteiger partial charge >= 0.3 is 6.11 Å². The van der Waals surface area contributed by atoms with Crippen LogP contribution in [0.25, 0.3) is 11.1 Å². The second-order valence-electron chi connectivity index (χ2n) is 9.04. The van der Waals surface area contributed by atoms with E-state index in [-0.39, 0.29) is 23.0 Å². The molecule has 1 heterocycles. The first kappa shape index (κ1) is 27.0. The zero-order chi connectivity index (χ0) is 26.6. The van der Waals surface area contributed by atoms with Gasteiger partial charge < -0.3 is 14.2 Å². The van der Waals surface area contributed by atoms with E-state index in [0.717, 1.165) is 55.7 Å². The Kier molecular flexibility index (Phi) is 8.44. The van der Waals surface area contributed by atoms with Gasteiger partial charge in [-0.2, -0.15) is 8.78 Å². The molecule has 0 aromatic heterocycles. The van der Waals surface area contributed by atoms with Crippen LogP contribution in [-0.4, -0.2) is 20.3 Å². The van der Waals surface area contributed by atoms with Crippen LogP contribution in [0.15, 0.2) is 54.6 Å². The molecule has 2 atom stereocenters. The van der Waals surface area contributed by atoms with E-state index in [1.54, 1.807) is 7.11 Å². The predicted molar refractivity (Wildman–Crippen MR) is 125 cm³/mol. The Morgan fingerprint density at radius 1 is 0.865 bits per heavy atom. The quantitative estimate of drug-likeness (QED) is 0.162. The fraction of sp³-hybridized carbons (Fsp3) is 0.357. The summed E-state index contributed by atoms with van der Waals surface area (Å²) in [6.45, 7) is 1.20. The van der Waals surface area contributed by atoms with Crippen LogP contribution in [0.5, 0.6) is 5.75 Å². The molecule has 0 saturated carbocycles. The Hall–Kier alpha value is -3.04. The van der Waals surface area contributed by atoms with Gasteiger partial charge in [-0.05, 0) is 84.7 Å². The van der Waals surface area contributed by atoms with Crippen molar-refractivity contribution in [1.82, 2.24) is 0 Å². The highest BCUT2D eigenvalue weighted by atomic mass is 19.3. The van der Waals surface area contributed by atoms with Crippen LogP contribution in [0.1, 0.15) is 42.9 Å². The monoisotopic (exact) mass is 524 g/mol. The summed E-state index contributed by atoms with van der Waals surface area (Å²) in [4.78, 5) is 0. The van der Waals surface area contributed by atoms with E-state index in [1.807, 2.05) is 0 Å². The Balaban J connectivity index is 1.41. The van der Waals surface area contributed by atoms with E-state index in [4.69, 9.17) is 14.2 Å². The molecule has 4 rings (SSSR count). The van der Waals surface area contributed by atoms with Crippen LogP contribution in [-0.2, 0) is 15.6 Å². The first-order valence-electron chi connectivity index (χ1n) is 11.9. The number of methoxy groups -OCH3 is 1. The van der Waals surface area contributed by atoms with E-state index in [0.29, 0.717) is 31.1 Å². The molecule has 0 aliphatic carbocycles. The van der Waals surface area contributed by atoms with Crippen LogP contribution in [0.3, 0.4) is 0 Å². The van der Waals surface area contributed by atoms with Gasteiger partial charge in [-0.3, -0.25) is 0 Å². The first-order valence-corrected chi connectivity index (χ1v) is 11.9. The summed E-state index contributed by atoms with van der Waals surface area (Å²) in [7, 11) is 1.65. The molecule has 0 radical (unpaired) electrons. The van der Waals surface area contributed by atoms with E-state index in [1.165, 1.54) is 18.2 Å². The SMILES string of the molecule is COCCCC1CCC(c2ccc(C(F)(F)Oc3ccc(-c4cc(F)c(F)c(F)c4)cc3)c(F)c2)OC1.